The number of carbonyl (C=O) groups is 2. The monoisotopic (exact) mass is 423 g/mol. The molecule has 2 heterocycles. The number of nitrogens with zero attached hydrogens (tertiary/aromatic N) is 3. The van der Waals surface area contributed by atoms with E-state index in [9.17, 15) is 14.4 Å². The van der Waals surface area contributed by atoms with Gasteiger partial charge in [-0.15, -0.1) is 0 Å². The molecule has 3 rings (SSSR count). The fourth-order valence-corrected chi connectivity index (χ4v) is 4.04. The molecule has 0 saturated carbocycles. The van der Waals surface area contributed by atoms with Gasteiger partial charge in [-0.25, -0.2) is 0 Å². The summed E-state index contributed by atoms with van der Waals surface area (Å²) in [7, 11) is 1.69. The minimum atomic E-state index is -0.473. The van der Waals surface area contributed by atoms with Gasteiger partial charge in [-0.3, -0.25) is 14.4 Å². The summed E-state index contributed by atoms with van der Waals surface area (Å²) in [4.78, 5) is 43.0. The van der Waals surface area contributed by atoms with Gasteiger partial charge in [-0.05, 0) is 24.3 Å². The Morgan fingerprint density at radius 3 is 2.19 bits per heavy atom. The summed E-state index contributed by atoms with van der Waals surface area (Å²) in [5.41, 5.74) is 0.665. The van der Waals surface area contributed by atoms with Crippen LogP contribution in [0.25, 0.3) is 0 Å². The summed E-state index contributed by atoms with van der Waals surface area (Å²) < 4.78 is 1.82. The van der Waals surface area contributed by atoms with Crippen molar-refractivity contribution in [1.29, 1.82) is 0 Å². The van der Waals surface area contributed by atoms with Crippen LogP contribution in [0.1, 0.15) is 65.8 Å². The van der Waals surface area contributed by atoms with Gasteiger partial charge in [0.05, 0.1) is 0 Å². The van der Waals surface area contributed by atoms with Crippen LogP contribution in [0.5, 0.6) is 0 Å². The first-order valence-electron chi connectivity index (χ1n) is 11.2. The lowest BCUT2D eigenvalue weighted by atomic mass is 10.1. The van der Waals surface area contributed by atoms with Crippen LogP contribution in [0.2, 0.25) is 0 Å². The molecule has 0 atom stereocenters. The average Bonchev–Trinajstić information content (AvgIpc) is 3.04. The van der Waals surface area contributed by atoms with Gasteiger partial charge in [-0.1, -0.05) is 57.0 Å². The van der Waals surface area contributed by atoms with Gasteiger partial charge in [0.25, 0.3) is 11.8 Å². The lowest BCUT2D eigenvalue weighted by Crippen LogP contribution is -2.38. The van der Waals surface area contributed by atoms with Crippen LogP contribution in [0.4, 0.5) is 0 Å². The molecule has 166 valence electrons. The smallest absolute Gasteiger partial charge is 0.259 e. The Balaban J connectivity index is 1.94. The number of hydrogen-bond acceptors (Lipinski definition) is 3. The zero-order valence-electron chi connectivity index (χ0n) is 18.8. The van der Waals surface area contributed by atoms with E-state index in [1.807, 2.05) is 34.9 Å². The number of benzene rings is 1. The molecule has 0 bridgehead atoms. The molecule has 2 aromatic rings. The summed E-state index contributed by atoms with van der Waals surface area (Å²) >= 11 is 0. The lowest BCUT2D eigenvalue weighted by Gasteiger charge is -2.22. The first kappa shape index (κ1) is 22.8. The first-order chi connectivity index (χ1) is 14.9. The van der Waals surface area contributed by atoms with E-state index >= 15 is 0 Å². The van der Waals surface area contributed by atoms with E-state index in [0.717, 1.165) is 31.2 Å². The highest BCUT2D eigenvalue weighted by Gasteiger charge is 2.25. The molecule has 1 saturated heterocycles. The quantitative estimate of drug-likeness (QED) is 0.710. The Morgan fingerprint density at radius 1 is 0.968 bits per heavy atom. The van der Waals surface area contributed by atoms with Crippen LogP contribution in [-0.4, -0.2) is 46.3 Å². The van der Waals surface area contributed by atoms with Crippen LogP contribution in [0.15, 0.2) is 47.5 Å². The molecular weight excluding hydrogens is 390 g/mol. The van der Waals surface area contributed by atoms with Gasteiger partial charge in [0.15, 0.2) is 0 Å². The number of pyridine rings is 1. The minimum absolute atomic E-state index is 0.0553. The maximum absolute atomic E-state index is 13.3. The fraction of sp³-hybridized carbons (Fsp3) is 0.480. The van der Waals surface area contributed by atoms with Crippen molar-refractivity contribution in [3.05, 3.63) is 69.6 Å². The van der Waals surface area contributed by atoms with Gasteiger partial charge < -0.3 is 14.4 Å². The maximum Gasteiger partial charge on any atom is 0.259 e. The first-order valence-corrected chi connectivity index (χ1v) is 11.2. The zero-order chi connectivity index (χ0) is 22.4. The molecule has 1 fully saturated rings. The van der Waals surface area contributed by atoms with Crippen molar-refractivity contribution in [3.63, 3.8) is 0 Å². The number of likely N-dealkylation sites (tertiary alicyclic amines) is 1. The lowest BCUT2D eigenvalue weighted by molar-refractivity contribution is 0.0758. The Hall–Kier alpha value is -2.89. The molecule has 0 radical (unpaired) electrons. The zero-order valence-corrected chi connectivity index (χ0v) is 18.8. The highest BCUT2D eigenvalue weighted by Crippen LogP contribution is 2.14. The summed E-state index contributed by atoms with van der Waals surface area (Å²) in [5, 5.41) is 0. The van der Waals surface area contributed by atoms with Crippen LogP contribution in [-0.2, 0) is 13.1 Å². The van der Waals surface area contributed by atoms with Crippen molar-refractivity contribution in [2.75, 3.05) is 20.1 Å². The number of amides is 2. The third-order valence-corrected chi connectivity index (χ3v) is 5.62. The highest BCUT2D eigenvalue weighted by molar-refractivity contribution is 5.99. The standard InChI is InChI=1S/C25H33N3O3/c1-19(2)15-27-17-21(24(30)26(3)16-20-11-7-6-8-12-20)23(29)22(18-27)25(31)28-13-9-4-5-10-14-28/h6-8,11-12,17-19H,4-5,9-10,13-16H2,1-3H3. The van der Waals surface area contributed by atoms with Crippen molar-refractivity contribution in [1.82, 2.24) is 14.4 Å². The van der Waals surface area contributed by atoms with E-state index in [-0.39, 0.29) is 22.9 Å². The minimum Gasteiger partial charge on any atom is -0.352 e. The predicted octanol–water partition coefficient (Wildman–Crippen LogP) is 3.79. The van der Waals surface area contributed by atoms with Crippen molar-refractivity contribution in [2.24, 2.45) is 5.92 Å². The average molecular weight is 424 g/mol. The second kappa shape index (κ2) is 10.4. The topological polar surface area (TPSA) is 62.6 Å². The van der Waals surface area contributed by atoms with E-state index in [1.54, 1.807) is 24.3 Å². The third-order valence-electron chi connectivity index (χ3n) is 5.62. The van der Waals surface area contributed by atoms with Crippen LogP contribution >= 0.6 is 0 Å². The fourth-order valence-electron chi connectivity index (χ4n) is 4.04. The molecule has 1 aromatic carbocycles. The van der Waals surface area contributed by atoms with Crippen LogP contribution < -0.4 is 5.43 Å². The molecule has 6 nitrogen and oxygen atoms in total. The number of hydrogen-bond donors (Lipinski definition) is 0. The van der Waals surface area contributed by atoms with Gasteiger partial charge in [-0.2, -0.15) is 0 Å². The van der Waals surface area contributed by atoms with Crippen molar-refractivity contribution in [2.45, 2.75) is 52.6 Å². The predicted molar refractivity (Wildman–Crippen MR) is 122 cm³/mol. The molecule has 2 amide bonds. The third kappa shape index (κ3) is 5.84. The van der Waals surface area contributed by atoms with Gasteiger partial charge in [0, 0.05) is 45.6 Å². The summed E-state index contributed by atoms with van der Waals surface area (Å²) in [5.74, 6) is -0.310. The molecular formula is C25H33N3O3. The van der Waals surface area contributed by atoms with Crippen molar-refractivity contribution >= 4 is 11.8 Å². The second-order valence-corrected chi connectivity index (χ2v) is 8.86. The molecule has 1 aliphatic heterocycles. The highest BCUT2D eigenvalue weighted by atomic mass is 16.2. The Bertz CT molecular complexity index is 958. The molecule has 0 aliphatic carbocycles. The van der Waals surface area contributed by atoms with Crippen LogP contribution in [0.3, 0.4) is 0 Å². The van der Waals surface area contributed by atoms with Crippen molar-refractivity contribution < 1.29 is 9.59 Å². The summed E-state index contributed by atoms with van der Waals surface area (Å²) in [6.07, 6.45) is 7.33. The van der Waals surface area contributed by atoms with Crippen LogP contribution in [0, 0.1) is 5.92 Å². The second-order valence-electron chi connectivity index (χ2n) is 8.86. The number of aromatic nitrogens is 1. The van der Waals surface area contributed by atoms with E-state index in [4.69, 9.17) is 0 Å². The maximum atomic E-state index is 13.3. The molecule has 0 unspecified atom stereocenters. The summed E-state index contributed by atoms with van der Waals surface area (Å²) in [6, 6.07) is 9.65. The number of rotatable bonds is 6. The normalized spacial score (nSPS) is 14.4. The van der Waals surface area contributed by atoms with Gasteiger partial charge in [0.1, 0.15) is 11.1 Å². The largest absolute Gasteiger partial charge is 0.352 e. The van der Waals surface area contributed by atoms with E-state index < -0.39 is 5.43 Å². The molecule has 0 N–H and O–H groups in total. The SMILES string of the molecule is CC(C)Cn1cc(C(=O)N(C)Cc2ccccc2)c(=O)c(C(=O)N2CCCCCC2)c1. The molecule has 1 aliphatic rings. The Labute approximate surface area is 184 Å². The molecule has 0 spiro atoms. The molecule has 6 heteroatoms. The molecule has 31 heavy (non-hydrogen) atoms. The van der Waals surface area contributed by atoms with E-state index in [2.05, 4.69) is 13.8 Å². The van der Waals surface area contributed by atoms with Gasteiger partial charge >= 0.3 is 0 Å². The summed E-state index contributed by atoms with van der Waals surface area (Å²) in [6.45, 7) is 6.48. The molecule has 1 aromatic heterocycles. The van der Waals surface area contributed by atoms with Gasteiger partial charge in [0.2, 0.25) is 5.43 Å². The Kier molecular flexibility index (Phi) is 7.66. The van der Waals surface area contributed by atoms with Crippen molar-refractivity contribution in [3.8, 4) is 0 Å². The Morgan fingerprint density at radius 2 is 1.58 bits per heavy atom. The number of carbonyl (C=O) groups excluding carboxylic acids is 2. The van der Waals surface area contributed by atoms with E-state index in [0.29, 0.717) is 32.1 Å². The van der Waals surface area contributed by atoms with E-state index in [1.165, 1.54) is 4.90 Å².